The summed E-state index contributed by atoms with van der Waals surface area (Å²) in [5.74, 6) is 1.09. The van der Waals surface area contributed by atoms with Crippen molar-refractivity contribution >= 4 is 11.8 Å². The van der Waals surface area contributed by atoms with Crippen molar-refractivity contribution in [3.05, 3.63) is 0 Å². The Morgan fingerprint density at radius 1 is 1.64 bits per heavy atom. The molecule has 0 aromatic rings. The van der Waals surface area contributed by atoms with Crippen LogP contribution in [0.15, 0.2) is 0 Å². The predicted octanol–water partition coefficient (Wildman–Crippen LogP) is 2.06. The van der Waals surface area contributed by atoms with E-state index >= 15 is 0 Å². The molecular formula is C8H15NOS. The number of methoxy groups -OCH3 is 1. The fraction of sp³-hybridized carbons (Fsp3) is 0.875. The summed E-state index contributed by atoms with van der Waals surface area (Å²) in [6.45, 7) is 2.91. The van der Waals surface area contributed by atoms with Gasteiger partial charge in [0, 0.05) is 25.4 Å². The van der Waals surface area contributed by atoms with Crippen LogP contribution in [0.2, 0.25) is 0 Å². The van der Waals surface area contributed by atoms with Gasteiger partial charge in [-0.3, -0.25) is 0 Å². The van der Waals surface area contributed by atoms with Gasteiger partial charge in [-0.1, -0.05) is 6.92 Å². The molecule has 0 bridgehead atoms. The van der Waals surface area contributed by atoms with E-state index in [0.717, 1.165) is 18.8 Å². The van der Waals surface area contributed by atoms with Gasteiger partial charge in [0.05, 0.1) is 6.07 Å². The molecule has 0 aliphatic carbocycles. The van der Waals surface area contributed by atoms with Crippen LogP contribution in [0.5, 0.6) is 0 Å². The number of hydrogen-bond donors (Lipinski definition) is 0. The quantitative estimate of drug-likeness (QED) is 0.576. The summed E-state index contributed by atoms with van der Waals surface area (Å²) in [7, 11) is 1.71. The summed E-state index contributed by atoms with van der Waals surface area (Å²) in [6, 6.07) is 2.16. The Kier molecular flexibility index (Phi) is 7.76. The summed E-state index contributed by atoms with van der Waals surface area (Å²) < 4.78 is 4.91. The van der Waals surface area contributed by atoms with Crippen molar-refractivity contribution in [1.29, 1.82) is 5.26 Å². The second-order valence-corrected chi connectivity index (χ2v) is 3.94. The van der Waals surface area contributed by atoms with Crippen molar-refractivity contribution in [3.63, 3.8) is 0 Å². The zero-order valence-electron chi connectivity index (χ0n) is 7.17. The minimum Gasteiger partial charge on any atom is -0.385 e. The van der Waals surface area contributed by atoms with Gasteiger partial charge in [-0.2, -0.15) is 17.0 Å². The molecule has 0 spiro atoms. The largest absolute Gasteiger partial charge is 0.385 e. The monoisotopic (exact) mass is 173 g/mol. The first-order valence-corrected chi connectivity index (χ1v) is 4.83. The molecule has 0 N–H and O–H groups in total. The summed E-state index contributed by atoms with van der Waals surface area (Å²) in [5.41, 5.74) is 0. The standard InChI is InChI=1S/C8H15NOS/c1-8(4-5-9)11-7-3-6-10-2/h8H,3-4,6-7H2,1-2H3. The van der Waals surface area contributed by atoms with E-state index in [0.29, 0.717) is 11.7 Å². The molecule has 0 heterocycles. The zero-order valence-corrected chi connectivity index (χ0v) is 7.99. The van der Waals surface area contributed by atoms with Gasteiger partial charge in [0.15, 0.2) is 0 Å². The Bertz CT molecular complexity index is 122. The van der Waals surface area contributed by atoms with E-state index in [1.54, 1.807) is 7.11 Å². The van der Waals surface area contributed by atoms with Crippen LogP contribution in [-0.2, 0) is 4.74 Å². The average molecular weight is 173 g/mol. The molecule has 0 saturated carbocycles. The van der Waals surface area contributed by atoms with E-state index in [1.807, 2.05) is 11.8 Å². The Morgan fingerprint density at radius 3 is 2.91 bits per heavy atom. The lowest BCUT2D eigenvalue weighted by Gasteiger charge is -2.05. The van der Waals surface area contributed by atoms with E-state index in [1.165, 1.54) is 0 Å². The van der Waals surface area contributed by atoms with Crippen molar-refractivity contribution in [2.45, 2.75) is 25.0 Å². The van der Waals surface area contributed by atoms with Crippen molar-refractivity contribution in [1.82, 2.24) is 0 Å². The van der Waals surface area contributed by atoms with Crippen LogP contribution in [0.4, 0.5) is 0 Å². The minimum atomic E-state index is 0.469. The molecule has 1 unspecified atom stereocenters. The van der Waals surface area contributed by atoms with Gasteiger partial charge in [-0.15, -0.1) is 0 Å². The molecule has 11 heavy (non-hydrogen) atoms. The summed E-state index contributed by atoms with van der Waals surface area (Å²) in [6.07, 6.45) is 1.73. The van der Waals surface area contributed by atoms with E-state index < -0.39 is 0 Å². The highest BCUT2D eigenvalue weighted by Gasteiger charge is 1.99. The maximum atomic E-state index is 8.35. The lowest BCUT2D eigenvalue weighted by atomic mass is 10.4. The molecule has 0 amide bonds. The fourth-order valence-corrected chi connectivity index (χ4v) is 1.55. The highest BCUT2D eigenvalue weighted by molar-refractivity contribution is 7.99. The molecule has 1 atom stereocenters. The van der Waals surface area contributed by atoms with Crippen LogP contribution in [0.25, 0.3) is 0 Å². The minimum absolute atomic E-state index is 0.469. The smallest absolute Gasteiger partial charge is 0.0633 e. The third-order valence-corrected chi connectivity index (χ3v) is 2.53. The SMILES string of the molecule is COCCCSC(C)CC#N. The van der Waals surface area contributed by atoms with E-state index in [-0.39, 0.29) is 0 Å². The fourth-order valence-electron chi connectivity index (χ4n) is 0.675. The van der Waals surface area contributed by atoms with Crippen molar-refractivity contribution in [3.8, 4) is 6.07 Å². The Hall–Kier alpha value is -0.200. The van der Waals surface area contributed by atoms with E-state index in [9.17, 15) is 0 Å². The molecule has 0 saturated heterocycles. The first-order valence-electron chi connectivity index (χ1n) is 3.78. The number of ether oxygens (including phenoxy) is 1. The normalized spacial score (nSPS) is 12.5. The Balaban J connectivity index is 3.05. The van der Waals surface area contributed by atoms with Gasteiger partial charge in [0.1, 0.15) is 0 Å². The molecule has 2 nitrogen and oxygen atoms in total. The molecule has 0 fully saturated rings. The van der Waals surface area contributed by atoms with Gasteiger partial charge >= 0.3 is 0 Å². The maximum Gasteiger partial charge on any atom is 0.0633 e. The van der Waals surface area contributed by atoms with Gasteiger partial charge in [-0.05, 0) is 12.2 Å². The van der Waals surface area contributed by atoms with Crippen LogP contribution in [-0.4, -0.2) is 24.7 Å². The van der Waals surface area contributed by atoms with E-state index in [2.05, 4.69) is 13.0 Å². The molecule has 0 radical (unpaired) electrons. The van der Waals surface area contributed by atoms with E-state index in [4.69, 9.17) is 10.00 Å². The summed E-state index contributed by atoms with van der Waals surface area (Å²) in [5, 5.41) is 8.82. The first-order chi connectivity index (χ1) is 5.31. The van der Waals surface area contributed by atoms with Crippen LogP contribution in [0, 0.1) is 11.3 Å². The van der Waals surface area contributed by atoms with Gasteiger partial charge < -0.3 is 4.74 Å². The number of rotatable bonds is 6. The topological polar surface area (TPSA) is 33.0 Å². The summed E-state index contributed by atoms with van der Waals surface area (Å²) in [4.78, 5) is 0. The highest BCUT2D eigenvalue weighted by atomic mass is 32.2. The maximum absolute atomic E-state index is 8.35. The van der Waals surface area contributed by atoms with Gasteiger partial charge in [0.2, 0.25) is 0 Å². The third kappa shape index (κ3) is 7.70. The van der Waals surface area contributed by atoms with Gasteiger partial charge in [0.25, 0.3) is 0 Å². The van der Waals surface area contributed by atoms with Gasteiger partial charge in [-0.25, -0.2) is 0 Å². The molecular weight excluding hydrogens is 158 g/mol. The van der Waals surface area contributed by atoms with Crippen LogP contribution in [0.3, 0.4) is 0 Å². The number of nitrogens with zero attached hydrogens (tertiary/aromatic N) is 1. The van der Waals surface area contributed by atoms with Crippen LogP contribution >= 0.6 is 11.8 Å². The van der Waals surface area contributed by atoms with Crippen molar-refractivity contribution in [2.75, 3.05) is 19.5 Å². The van der Waals surface area contributed by atoms with Crippen LogP contribution in [0.1, 0.15) is 19.8 Å². The predicted molar refractivity (Wildman–Crippen MR) is 48.6 cm³/mol. The molecule has 0 aliphatic heterocycles. The molecule has 3 heteroatoms. The highest BCUT2D eigenvalue weighted by Crippen LogP contribution is 2.13. The lowest BCUT2D eigenvalue weighted by molar-refractivity contribution is 0.200. The lowest BCUT2D eigenvalue weighted by Crippen LogP contribution is -1.97. The zero-order chi connectivity index (χ0) is 8.53. The Morgan fingerprint density at radius 2 is 2.36 bits per heavy atom. The summed E-state index contributed by atoms with van der Waals surface area (Å²) >= 11 is 1.84. The molecule has 0 aromatic heterocycles. The Labute approximate surface area is 72.9 Å². The molecule has 0 rings (SSSR count). The second-order valence-electron chi connectivity index (χ2n) is 2.39. The van der Waals surface area contributed by atoms with Crippen molar-refractivity contribution < 1.29 is 4.74 Å². The third-order valence-electron chi connectivity index (χ3n) is 1.27. The average Bonchev–Trinajstić information content (AvgIpc) is 1.99. The number of hydrogen-bond acceptors (Lipinski definition) is 3. The molecule has 0 aliphatic rings. The first kappa shape index (κ1) is 10.8. The molecule has 0 aromatic carbocycles. The molecule has 64 valence electrons. The number of thioether (sulfide) groups is 1. The van der Waals surface area contributed by atoms with Crippen molar-refractivity contribution in [2.24, 2.45) is 0 Å². The number of nitriles is 1. The second kappa shape index (κ2) is 7.90. The van der Waals surface area contributed by atoms with Crippen LogP contribution < -0.4 is 0 Å².